The van der Waals surface area contributed by atoms with Crippen LogP contribution in [0.15, 0.2) is 34.4 Å². The molecule has 2 rings (SSSR count). The van der Waals surface area contributed by atoms with Gasteiger partial charge in [0.05, 0.1) is 16.1 Å². The quantitative estimate of drug-likeness (QED) is 0.772. The molecule has 2 aromatic heterocycles. The first kappa shape index (κ1) is 11.1. The van der Waals surface area contributed by atoms with Crippen LogP contribution in [0.2, 0.25) is 0 Å². The minimum atomic E-state index is -0.724. The lowest BCUT2D eigenvalue weighted by molar-refractivity contribution is 0.107. The third kappa shape index (κ3) is 1.81. The maximum absolute atomic E-state index is 11.8. The van der Waals surface area contributed by atoms with E-state index in [1.165, 1.54) is 22.0 Å². The van der Waals surface area contributed by atoms with Gasteiger partial charge in [0, 0.05) is 7.05 Å². The fourth-order valence-corrected chi connectivity index (χ4v) is 2.39. The Balaban J connectivity index is 2.65. The van der Waals surface area contributed by atoms with Crippen molar-refractivity contribution in [2.24, 2.45) is 7.05 Å². The van der Waals surface area contributed by atoms with Crippen molar-refractivity contribution in [1.82, 2.24) is 4.57 Å². The Bertz CT molecular complexity index is 587. The molecule has 0 atom stereocenters. The van der Waals surface area contributed by atoms with Crippen LogP contribution in [0.1, 0.15) is 10.4 Å². The number of rotatable bonds is 2. The molecule has 0 aliphatic carbocycles. The average Bonchev–Trinajstić information content (AvgIpc) is 2.74. The van der Waals surface area contributed by atoms with Crippen LogP contribution < -0.4 is 5.56 Å². The Labute approximate surface area is 101 Å². The lowest BCUT2D eigenvalue weighted by Crippen LogP contribution is -2.23. The first-order chi connectivity index (χ1) is 7.61. The SMILES string of the molecule is Cn1c(-c2cccs2)ccc(C(=O)Cl)c1=O. The highest BCUT2D eigenvalue weighted by molar-refractivity contribution is 7.13. The third-order valence-corrected chi connectivity index (χ3v) is 3.39. The van der Waals surface area contributed by atoms with Gasteiger partial charge < -0.3 is 4.57 Å². The molecular formula is C11H8ClNO2S. The minimum Gasteiger partial charge on any atom is -0.310 e. The van der Waals surface area contributed by atoms with Crippen LogP contribution in [0.25, 0.3) is 10.6 Å². The van der Waals surface area contributed by atoms with Crippen LogP contribution in [0.4, 0.5) is 0 Å². The van der Waals surface area contributed by atoms with Crippen LogP contribution in [0.3, 0.4) is 0 Å². The van der Waals surface area contributed by atoms with E-state index >= 15 is 0 Å². The van der Waals surface area contributed by atoms with Crippen molar-refractivity contribution in [3.8, 4) is 10.6 Å². The fraction of sp³-hybridized carbons (Fsp3) is 0.0909. The summed E-state index contributed by atoms with van der Waals surface area (Å²) in [5.41, 5.74) is 0.414. The molecule has 0 unspecified atom stereocenters. The molecule has 0 amide bonds. The van der Waals surface area contributed by atoms with E-state index in [0.717, 1.165) is 10.6 Å². The number of hydrogen-bond donors (Lipinski definition) is 0. The highest BCUT2D eigenvalue weighted by Gasteiger charge is 2.12. The monoisotopic (exact) mass is 253 g/mol. The number of carbonyl (C=O) groups excluding carboxylic acids is 1. The van der Waals surface area contributed by atoms with Crippen molar-refractivity contribution >= 4 is 28.2 Å². The summed E-state index contributed by atoms with van der Waals surface area (Å²) in [6.07, 6.45) is 0. The molecule has 0 aliphatic heterocycles. The first-order valence-corrected chi connectivity index (χ1v) is 5.81. The molecule has 0 aromatic carbocycles. The van der Waals surface area contributed by atoms with Crippen LogP contribution in [0.5, 0.6) is 0 Å². The van der Waals surface area contributed by atoms with E-state index < -0.39 is 5.24 Å². The van der Waals surface area contributed by atoms with E-state index in [-0.39, 0.29) is 11.1 Å². The van der Waals surface area contributed by atoms with Crippen LogP contribution in [-0.2, 0) is 7.05 Å². The van der Waals surface area contributed by atoms with Gasteiger partial charge in [-0.3, -0.25) is 9.59 Å². The normalized spacial score (nSPS) is 10.4. The number of aromatic nitrogens is 1. The smallest absolute Gasteiger partial charge is 0.262 e. The molecule has 82 valence electrons. The summed E-state index contributed by atoms with van der Waals surface area (Å²) >= 11 is 6.84. The topological polar surface area (TPSA) is 39.1 Å². The van der Waals surface area contributed by atoms with Crippen molar-refractivity contribution in [3.63, 3.8) is 0 Å². The Hall–Kier alpha value is -1.39. The van der Waals surface area contributed by atoms with Gasteiger partial charge in [0.2, 0.25) is 0 Å². The molecule has 16 heavy (non-hydrogen) atoms. The van der Waals surface area contributed by atoms with E-state index in [4.69, 9.17) is 11.6 Å². The second-order valence-corrected chi connectivity index (χ2v) is 4.54. The fourth-order valence-electron chi connectivity index (χ4n) is 1.46. The zero-order valence-electron chi connectivity index (χ0n) is 8.44. The zero-order valence-corrected chi connectivity index (χ0v) is 10.0. The van der Waals surface area contributed by atoms with Crippen molar-refractivity contribution in [1.29, 1.82) is 0 Å². The number of pyridine rings is 1. The summed E-state index contributed by atoms with van der Waals surface area (Å²) in [5.74, 6) is 0. The van der Waals surface area contributed by atoms with E-state index in [2.05, 4.69) is 0 Å². The number of halogens is 1. The summed E-state index contributed by atoms with van der Waals surface area (Å²) in [7, 11) is 1.63. The summed E-state index contributed by atoms with van der Waals surface area (Å²) < 4.78 is 1.43. The number of thiophene rings is 1. The average molecular weight is 254 g/mol. The Morgan fingerprint density at radius 2 is 2.12 bits per heavy atom. The van der Waals surface area contributed by atoms with Crippen molar-refractivity contribution in [3.05, 3.63) is 45.6 Å². The molecule has 0 N–H and O–H groups in total. The zero-order chi connectivity index (χ0) is 11.7. The molecule has 0 aliphatic rings. The maximum Gasteiger partial charge on any atom is 0.262 e. The molecule has 0 spiro atoms. The molecule has 2 heterocycles. The number of carbonyl (C=O) groups is 1. The van der Waals surface area contributed by atoms with Crippen molar-refractivity contribution in [2.45, 2.75) is 0 Å². The number of hydrogen-bond acceptors (Lipinski definition) is 3. The van der Waals surface area contributed by atoms with Crippen molar-refractivity contribution in [2.75, 3.05) is 0 Å². The standard InChI is InChI=1S/C11H8ClNO2S/c1-13-8(9-3-2-6-16-9)5-4-7(10(12)14)11(13)15/h2-6H,1H3. The van der Waals surface area contributed by atoms with Crippen LogP contribution in [0, 0.1) is 0 Å². The van der Waals surface area contributed by atoms with E-state index in [0.29, 0.717) is 0 Å². The first-order valence-electron chi connectivity index (χ1n) is 4.55. The van der Waals surface area contributed by atoms with E-state index in [1.807, 2.05) is 17.5 Å². The van der Waals surface area contributed by atoms with Crippen molar-refractivity contribution < 1.29 is 4.79 Å². The van der Waals surface area contributed by atoms with E-state index in [9.17, 15) is 9.59 Å². The van der Waals surface area contributed by atoms with Gasteiger partial charge in [-0.25, -0.2) is 0 Å². The highest BCUT2D eigenvalue weighted by atomic mass is 35.5. The lowest BCUT2D eigenvalue weighted by atomic mass is 10.2. The Morgan fingerprint density at radius 1 is 1.38 bits per heavy atom. The molecule has 0 bridgehead atoms. The van der Waals surface area contributed by atoms with Gasteiger partial charge in [0.25, 0.3) is 10.8 Å². The predicted octanol–water partition coefficient (Wildman–Crippen LogP) is 2.49. The predicted molar refractivity (Wildman–Crippen MR) is 65.2 cm³/mol. The molecular weight excluding hydrogens is 246 g/mol. The van der Waals surface area contributed by atoms with Gasteiger partial charge >= 0.3 is 0 Å². The molecule has 0 radical (unpaired) electrons. The molecule has 0 fully saturated rings. The van der Waals surface area contributed by atoms with Crippen LogP contribution in [-0.4, -0.2) is 9.81 Å². The highest BCUT2D eigenvalue weighted by Crippen LogP contribution is 2.23. The summed E-state index contributed by atoms with van der Waals surface area (Å²) in [6.45, 7) is 0. The summed E-state index contributed by atoms with van der Waals surface area (Å²) in [6, 6.07) is 7.02. The largest absolute Gasteiger partial charge is 0.310 e. The van der Waals surface area contributed by atoms with Gasteiger partial charge in [-0.2, -0.15) is 0 Å². The molecule has 3 nitrogen and oxygen atoms in total. The van der Waals surface area contributed by atoms with Gasteiger partial charge in [-0.15, -0.1) is 11.3 Å². The molecule has 0 saturated carbocycles. The van der Waals surface area contributed by atoms with E-state index in [1.54, 1.807) is 13.1 Å². The van der Waals surface area contributed by atoms with Gasteiger partial charge in [-0.1, -0.05) is 6.07 Å². The molecule has 0 saturated heterocycles. The summed E-state index contributed by atoms with van der Waals surface area (Å²) in [4.78, 5) is 23.7. The number of nitrogens with zero attached hydrogens (tertiary/aromatic N) is 1. The Kier molecular flexibility index (Phi) is 2.94. The summed E-state index contributed by atoms with van der Waals surface area (Å²) in [5, 5.41) is 1.21. The minimum absolute atomic E-state index is 0.00414. The second kappa shape index (κ2) is 4.23. The second-order valence-electron chi connectivity index (χ2n) is 3.25. The molecule has 5 heteroatoms. The third-order valence-electron chi connectivity index (χ3n) is 2.29. The van der Waals surface area contributed by atoms with Gasteiger partial charge in [-0.05, 0) is 35.2 Å². The van der Waals surface area contributed by atoms with Gasteiger partial charge in [0.15, 0.2) is 0 Å². The lowest BCUT2D eigenvalue weighted by Gasteiger charge is -2.06. The molecule has 2 aromatic rings. The van der Waals surface area contributed by atoms with Gasteiger partial charge in [0.1, 0.15) is 0 Å². The maximum atomic E-state index is 11.8. The Morgan fingerprint density at radius 3 is 2.69 bits per heavy atom. The van der Waals surface area contributed by atoms with Crippen LogP contribution >= 0.6 is 22.9 Å².